The molecule has 0 amide bonds. The standard InChI is InChI=1S/C30H50O3/c1-19(2)20(3)8-9-21(4)25-10-11-26-29(25,7)16-14-27-28(6)15-13-24(33-22(5)31)18-23(28)12-17-30(26,27)32/h8-9,19-21,23-27,32H,10-18H2,1-7H3/t20-,21+,23?,24-,25+,26+,27+,28-,29+,30-/m0/s1. The van der Waals surface area contributed by atoms with Crippen molar-refractivity contribution in [1.82, 2.24) is 0 Å². The van der Waals surface area contributed by atoms with Crippen LogP contribution in [0.15, 0.2) is 12.2 Å². The largest absolute Gasteiger partial charge is 0.463 e. The van der Waals surface area contributed by atoms with Crippen LogP contribution in [0.3, 0.4) is 0 Å². The van der Waals surface area contributed by atoms with Crippen molar-refractivity contribution < 1.29 is 14.6 Å². The Morgan fingerprint density at radius 1 is 0.909 bits per heavy atom. The summed E-state index contributed by atoms with van der Waals surface area (Å²) in [7, 11) is 0. The predicted octanol–water partition coefficient (Wildman–Crippen LogP) is 7.18. The number of fused-ring (bicyclic) bond motifs is 5. The molecular weight excluding hydrogens is 408 g/mol. The molecule has 0 bridgehead atoms. The Bertz CT molecular complexity index is 758. The number of carbonyl (C=O) groups excluding carboxylic acids is 1. The van der Waals surface area contributed by atoms with Crippen molar-refractivity contribution in [3.63, 3.8) is 0 Å². The lowest BCUT2D eigenvalue weighted by molar-refractivity contribution is -0.228. The van der Waals surface area contributed by atoms with E-state index < -0.39 is 5.60 Å². The molecule has 4 aliphatic carbocycles. The van der Waals surface area contributed by atoms with Crippen molar-refractivity contribution in [2.75, 3.05) is 0 Å². The van der Waals surface area contributed by atoms with E-state index in [4.69, 9.17) is 4.74 Å². The number of hydrogen-bond acceptors (Lipinski definition) is 3. The molecule has 0 aliphatic heterocycles. The van der Waals surface area contributed by atoms with Gasteiger partial charge in [0.25, 0.3) is 0 Å². The predicted molar refractivity (Wildman–Crippen MR) is 135 cm³/mol. The molecule has 0 saturated heterocycles. The minimum Gasteiger partial charge on any atom is -0.463 e. The molecule has 3 heteroatoms. The highest BCUT2D eigenvalue weighted by Crippen LogP contribution is 2.69. The van der Waals surface area contributed by atoms with Crippen LogP contribution in [0.25, 0.3) is 0 Å². The summed E-state index contributed by atoms with van der Waals surface area (Å²) in [4.78, 5) is 11.5. The van der Waals surface area contributed by atoms with Crippen LogP contribution in [0.4, 0.5) is 0 Å². The Balaban J connectivity index is 1.52. The number of carbonyl (C=O) groups is 1. The molecule has 0 aromatic heterocycles. The fourth-order valence-electron chi connectivity index (χ4n) is 9.25. The first kappa shape index (κ1) is 25.3. The molecule has 33 heavy (non-hydrogen) atoms. The van der Waals surface area contributed by atoms with Crippen LogP contribution < -0.4 is 0 Å². The van der Waals surface area contributed by atoms with Gasteiger partial charge in [-0.05, 0) is 110 Å². The van der Waals surface area contributed by atoms with Crippen LogP contribution in [0, 0.1) is 52.3 Å². The molecule has 4 fully saturated rings. The molecule has 10 atom stereocenters. The molecule has 1 unspecified atom stereocenters. The fourth-order valence-corrected chi connectivity index (χ4v) is 9.25. The molecule has 0 aromatic rings. The highest BCUT2D eigenvalue weighted by atomic mass is 16.5. The number of rotatable bonds is 5. The maximum atomic E-state index is 12.4. The van der Waals surface area contributed by atoms with Crippen molar-refractivity contribution in [2.45, 2.75) is 118 Å². The summed E-state index contributed by atoms with van der Waals surface area (Å²) >= 11 is 0. The second-order valence-electron chi connectivity index (χ2n) is 13.4. The quantitative estimate of drug-likeness (QED) is 0.351. The highest BCUT2D eigenvalue weighted by molar-refractivity contribution is 5.66. The first-order valence-electron chi connectivity index (χ1n) is 14.0. The van der Waals surface area contributed by atoms with E-state index in [9.17, 15) is 9.90 Å². The second-order valence-corrected chi connectivity index (χ2v) is 13.4. The third-order valence-corrected chi connectivity index (χ3v) is 11.5. The average molecular weight is 459 g/mol. The number of allylic oxidation sites excluding steroid dienone is 2. The summed E-state index contributed by atoms with van der Waals surface area (Å²) in [6, 6.07) is 0. The van der Waals surface area contributed by atoms with Gasteiger partial charge in [-0.3, -0.25) is 4.79 Å². The van der Waals surface area contributed by atoms with Gasteiger partial charge in [0.15, 0.2) is 0 Å². The molecular formula is C30H50O3. The molecule has 0 spiro atoms. The minimum atomic E-state index is -0.518. The van der Waals surface area contributed by atoms with Gasteiger partial charge in [-0.25, -0.2) is 0 Å². The van der Waals surface area contributed by atoms with E-state index in [1.807, 2.05) is 0 Å². The molecule has 0 heterocycles. The Hall–Kier alpha value is -0.830. The monoisotopic (exact) mass is 458 g/mol. The third kappa shape index (κ3) is 4.23. The Kier molecular flexibility index (Phi) is 6.89. The van der Waals surface area contributed by atoms with Gasteiger partial charge in [-0.1, -0.05) is 53.7 Å². The summed E-state index contributed by atoms with van der Waals surface area (Å²) in [6.07, 6.45) is 14.9. The minimum absolute atomic E-state index is 0.0809. The Morgan fingerprint density at radius 3 is 2.24 bits per heavy atom. The van der Waals surface area contributed by atoms with Crippen molar-refractivity contribution in [3.05, 3.63) is 12.2 Å². The molecule has 1 N–H and O–H groups in total. The molecule has 188 valence electrons. The maximum Gasteiger partial charge on any atom is 0.302 e. The second kappa shape index (κ2) is 8.99. The molecule has 4 aliphatic rings. The number of ether oxygens (including phenoxy) is 1. The molecule has 4 rings (SSSR count). The van der Waals surface area contributed by atoms with Crippen LogP contribution in [-0.2, 0) is 9.53 Å². The zero-order valence-corrected chi connectivity index (χ0v) is 22.4. The van der Waals surface area contributed by atoms with Crippen molar-refractivity contribution >= 4 is 5.97 Å². The van der Waals surface area contributed by atoms with Gasteiger partial charge in [0.1, 0.15) is 6.10 Å². The maximum absolute atomic E-state index is 12.4. The topological polar surface area (TPSA) is 46.5 Å². The Morgan fingerprint density at radius 2 is 1.58 bits per heavy atom. The molecule has 3 nitrogen and oxygen atoms in total. The summed E-state index contributed by atoms with van der Waals surface area (Å²) < 4.78 is 5.62. The van der Waals surface area contributed by atoms with Gasteiger partial charge in [0.05, 0.1) is 5.60 Å². The van der Waals surface area contributed by atoms with Gasteiger partial charge < -0.3 is 9.84 Å². The number of hydrogen-bond donors (Lipinski definition) is 1. The first-order valence-corrected chi connectivity index (χ1v) is 14.0. The van der Waals surface area contributed by atoms with Gasteiger partial charge >= 0.3 is 5.97 Å². The zero-order chi connectivity index (χ0) is 24.2. The van der Waals surface area contributed by atoms with Crippen LogP contribution in [0.5, 0.6) is 0 Å². The van der Waals surface area contributed by atoms with Crippen LogP contribution >= 0.6 is 0 Å². The molecule has 0 aromatic carbocycles. The fraction of sp³-hybridized carbons (Fsp3) is 0.900. The lowest BCUT2D eigenvalue weighted by Gasteiger charge is -2.64. The van der Waals surface area contributed by atoms with Crippen molar-refractivity contribution in [3.8, 4) is 0 Å². The van der Waals surface area contributed by atoms with E-state index >= 15 is 0 Å². The van der Waals surface area contributed by atoms with E-state index in [0.717, 1.165) is 38.5 Å². The van der Waals surface area contributed by atoms with Crippen molar-refractivity contribution in [1.29, 1.82) is 0 Å². The average Bonchev–Trinajstić information content (AvgIpc) is 3.10. The summed E-state index contributed by atoms with van der Waals surface area (Å²) in [5.41, 5.74) is -0.0918. The van der Waals surface area contributed by atoms with Gasteiger partial charge in [-0.2, -0.15) is 0 Å². The summed E-state index contributed by atoms with van der Waals surface area (Å²) in [6.45, 7) is 15.9. The van der Waals surface area contributed by atoms with Gasteiger partial charge in [-0.15, -0.1) is 0 Å². The normalized spacial score (nSPS) is 47.0. The van der Waals surface area contributed by atoms with Crippen molar-refractivity contribution in [2.24, 2.45) is 52.3 Å². The first-order chi connectivity index (χ1) is 15.4. The van der Waals surface area contributed by atoms with E-state index in [0.29, 0.717) is 41.4 Å². The van der Waals surface area contributed by atoms with E-state index in [2.05, 4.69) is 53.7 Å². The molecule has 0 radical (unpaired) electrons. The van der Waals surface area contributed by atoms with E-state index in [-0.39, 0.29) is 22.9 Å². The van der Waals surface area contributed by atoms with Gasteiger partial charge in [0, 0.05) is 6.92 Å². The molecule has 4 saturated carbocycles. The highest BCUT2D eigenvalue weighted by Gasteiger charge is 2.66. The summed E-state index contributed by atoms with van der Waals surface area (Å²) in [5, 5.41) is 12.4. The van der Waals surface area contributed by atoms with E-state index in [1.165, 1.54) is 26.2 Å². The van der Waals surface area contributed by atoms with Crippen LogP contribution in [0.2, 0.25) is 0 Å². The smallest absolute Gasteiger partial charge is 0.302 e. The third-order valence-electron chi connectivity index (χ3n) is 11.5. The van der Waals surface area contributed by atoms with Crippen LogP contribution in [-0.4, -0.2) is 22.8 Å². The zero-order valence-electron chi connectivity index (χ0n) is 22.4. The number of aliphatic hydroxyl groups is 1. The lowest BCUT2D eigenvalue weighted by Crippen LogP contribution is -2.64. The lowest BCUT2D eigenvalue weighted by atomic mass is 9.42. The SMILES string of the molecule is CC(=O)O[C@H]1CC[C@@]2(C)C(CC[C@]3(O)[C@@H]4CC[C@H]([C@H](C)C=C[C@H](C)C(C)C)[C@@]4(C)CC[C@@H]32)C1. The summed E-state index contributed by atoms with van der Waals surface area (Å²) in [5.74, 6) is 3.80. The van der Waals surface area contributed by atoms with Gasteiger partial charge in [0.2, 0.25) is 0 Å². The Labute approximate surface area is 203 Å². The van der Waals surface area contributed by atoms with E-state index in [1.54, 1.807) is 0 Å². The number of esters is 1. The van der Waals surface area contributed by atoms with Crippen LogP contribution in [0.1, 0.15) is 106 Å².